The van der Waals surface area contributed by atoms with Gasteiger partial charge in [-0.05, 0) is 29.9 Å². The highest BCUT2D eigenvalue weighted by molar-refractivity contribution is 5.96. The fourth-order valence-electron chi connectivity index (χ4n) is 3.67. The molecule has 6 nitrogen and oxygen atoms in total. The lowest BCUT2D eigenvalue weighted by atomic mass is 9.92. The molecule has 4 rings (SSSR count). The Bertz CT molecular complexity index is 739. The average Bonchev–Trinajstić information content (AvgIpc) is 3.05. The Balaban J connectivity index is 1.60. The molecule has 1 aromatic heterocycles. The highest BCUT2D eigenvalue weighted by Crippen LogP contribution is 2.49. The van der Waals surface area contributed by atoms with Gasteiger partial charge in [0.2, 0.25) is 0 Å². The third kappa shape index (κ3) is 2.51. The minimum absolute atomic E-state index is 0.0530. The van der Waals surface area contributed by atoms with Crippen LogP contribution in [0.5, 0.6) is 0 Å². The molecule has 1 N–H and O–H groups in total. The highest BCUT2D eigenvalue weighted by Gasteiger charge is 2.43. The summed E-state index contributed by atoms with van der Waals surface area (Å²) in [5.74, 6) is 0.146. The Morgan fingerprint density at radius 3 is 2.79 bits per heavy atom. The van der Waals surface area contributed by atoms with Crippen molar-refractivity contribution in [1.29, 1.82) is 0 Å². The molecule has 2 aliphatic rings. The van der Waals surface area contributed by atoms with Crippen LogP contribution in [-0.4, -0.2) is 52.5 Å². The summed E-state index contributed by atoms with van der Waals surface area (Å²) in [6.45, 7) is 3.42. The SMILES string of the molecule is CO[C@@H]1CN(C(=O)c2ccccc2C2(C)CC2)C[C@H]1c1cn[nH]n1. The number of hydrogen-bond donors (Lipinski definition) is 1. The smallest absolute Gasteiger partial charge is 0.254 e. The molecule has 126 valence electrons. The molecule has 1 aliphatic heterocycles. The van der Waals surface area contributed by atoms with Gasteiger partial charge in [-0.2, -0.15) is 15.4 Å². The standard InChI is InChI=1S/C18H22N4O2/c1-18(7-8-18)14-6-4-3-5-12(14)17(23)22-10-13(16(11-22)24-2)15-9-19-21-20-15/h3-6,9,13,16H,7-8,10-11H2,1-2H3,(H,19,20,21)/t13-,16+/m0/s1. The molecule has 0 radical (unpaired) electrons. The molecule has 1 amide bonds. The molecule has 0 bridgehead atoms. The second-order valence-corrected chi connectivity index (χ2v) is 7.09. The van der Waals surface area contributed by atoms with Gasteiger partial charge in [-0.1, -0.05) is 25.1 Å². The Kier molecular flexibility index (Phi) is 3.64. The first-order valence-corrected chi connectivity index (χ1v) is 8.39. The fraction of sp³-hybridized carbons (Fsp3) is 0.500. The van der Waals surface area contributed by atoms with E-state index in [1.807, 2.05) is 23.1 Å². The van der Waals surface area contributed by atoms with Crippen molar-refractivity contribution < 1.29 is 9.53 Å². The van der Waals surface area contributed by atoms with Crippen molar-refractivity contribution in [2.45, 2.75) is 37.2 Å². The van der Waals surface area contributed by atoms with Crippen molar-refractivity contribution in [2.24, 2.45) is 0 Å². The Hall–Kier alpha value is -2.21. The van der Waals surface area contributed by atoms with Gasteiger partial charge in [-0.25, -0.2) is 0 Å². The number of rotatable bonds is 4. The molecule has 2 aromatic rings. The summed E-state index contributed by atoms with van der Waals surface area (Å²) < 4.78 is 5.60. The molecular weight excluding hydrogens is 304 g/mol. The first-order chi connectivity index (χ1) is 11.6. The number of ether oxygens (including phenoxy) is 1. The number of likely N-dealkylation sites (tertiary alicyclic amines) is 1. The normalized spacial score (nSPS) is 25.0. The number of aromatic amines is 1. The summed E-state index contributed by atoms with van der Waals surface area (Å²) in [6, 6.07) is 8.02. The van der Waals surface area contributed by atoms with Crippen molar-refractivity contribution in [3.05, 3.63) is 47.3 Å². The van der Waals surface area contributed by atoms with Gasteiger partial charge in [-0.3, -0.25) is 4.79 Å². The molecule has 0 spiro atoms. The quantitative estimate of drug-likeness (QED) is 0.934. The molecule has 1 aromatic carbocycles. The van der Waals surface area contributed by atoms with Gasteiger partial charge in [0.1, 0.15) is 0 Å². The number of hydrogen-bond acceptors (Lipinski definition) is 4. The maximum absolute atomic E-state index is 13.1. The lowest BCUT2D eigenvalue weighted by molar-refractivity contribution is 0.0712. The second-order valence-electron chi connectivity index (χ2n) is 7.09. The first-order valence-electron chi connectivity index (χ1n) is 8.39. The van der Waals surface area contributed by atoms with E-state index in [1.54, 1.807) is 13.3 Å². The van der Waals surface area contributed by atoms with E-state index in [2.05, 4.69) is 28.4 Å². The second kappa shape index (κ2) is 5.70. The first kappa shape index (κ1) is 15.3. The Labute approximate surface area is 141 Å². The van der Waals surface area contributed by atoms with Gasteiger partial charge < -0.3 is 9.64 Å². The largest absolute Gasteiger partial charge is 0.379 e. The number of methoxy groups -OCH3 is 1. The van der Waals surface area contributed by atoms with Gasteiger partial charge in [0.15, 0.2) is 0 Å². The van der Waals surface area contributed by atoms with Crippen LogP contribution in [0.15, 0.2) is 30.5 Å². The van der Waals surface area contributed by atoms with Crippen LogP contribution < -0.4 is 0 Å². The predicted octanol–water partition coefficient (Wildman–Crippen LogP) is 2.11. The zero-order valence-corrected chi connectivity index (χ0v) is 14.0. The van der Waals surface area contributed by atoms with E-state index in [0.29, 0.717) is 13.1 Å². The summed E-state index contributed by atoms with van der Waals surface area (Å²) >= 11 is 0. The highest BCUT2D eigenvalue weighted by atomic mass is 16.5. The van der Waals surface area contributed by atoms with Crippen LogP contribution in [0.4, 0.5) is 0 Å². The van der Waals surface area contributed by atoms with Crippen molar-refractivity contribution in [3.63, 3.8) is 0 Å². The van der Waals surface area contributed by atoms with Crippen molar-refractivity contribution >= 4 is 5.91 Å². The monoisotopic (exact) mass is 326 g/mol. The van der Waals surface area contributed by atoms with Crippen LogP contribution in [0.2, 0.25) is 0 Å². The molecule has 2 atom stereocenters. The number of carbonyl (C=O) groups excluding carboxylic acids is 1. The van der Waals surface area contributed by atoms with E-state index in [-0.39, 0.29) is 23.3 Å². The maximum atomic E-state index is 13.1. The molecule has 0 unspecified atom stereocenters. The predicted molar refractivity (Wildman–Crippen MR) is 88.9 cm³/mol. The number of H-pyrrole nitrogens is 1. The van der Waals surface area contributed by atoms with Crippen LogP contribution >= 0.6 is 0 Å². The van der Waals surface area contributed by atoms with E-state index in [9.17, 15) is 4.79 Å². The molecule has 1 saturated carbocycles. The lowest BCUT2D eigenvalue weighted by Crippen LogP contribution is -2.31. The van der Waals surface area contributed by atoms with Crippen LogP contribution in [0.3, 0.4) is 0 Å². The van der Waals surface area contributed by atoms with Gasteiger partial charge in [0, 0.05) is 25.8 Å². The Morgan fingerprint density at radius 2 is 2.12 bits per heavy atom. The summed E-state index contributed by atoms with van der Waals surface area (Å²) in [6.07, 6.45) is 3.96. The molecule has 2 heterocycles. The van der Waals surface area contributed by atoms with E-state index < -0.39 is 0 Å². The number of nitrogens with zero attached hydrogens (tertiary/aromatic N) is 3. The molecule has 24 heavy (non-hydrogen) atoms. The minimum atomic E-state index is -0.0530. The lowest BCUT2D eigenvalue weighted by Gasteiger charge is -2.20. The van der Waals surface area contributed by atoms with Crippen molar-refractivity contribution in [2.75, 3.05) is 20.2 Å². The minimum Gasteiger partial charge on any atom is -0.379 e. The summed E-state index contributed by atoms with van der Waals surface area (Å²) in [5, 5.41) is 10.7. The molecule has 1 saturated heterocycles. The van der Waals surface area contributed by atoms with Crippen LogP contribution in [0, 0.1) is 0 Å². The van der Waals surface area contributed by atoms with Gasteiger partial charge >= 0.3 is 0 Å². The van der Waals surface area contributed by atoms with Crippen molar-refractivity contribution in [1.82, 2.24) is 20.3 Å². The topological polar surface area (TPSA) is 71.1 Å². The van der Waals surface area contributed by atoms with Crippen molar-refractivity contribution in [3.8, 4) is 0 Å². The fourth-order valence-corrected chi connectivity index (χ4v) is 3.67. The number of carbonyl (C=O) groups is 1. The van der Waals surface area contributed by atoms with Gasteiger partial charge in [0.25, 0.3) is 5.91 Å². The number of amides is 1. The maximum Gasteiger partial charge on any atom is 0.254 e. The van der Waals surface area contributed by atoms with Gasteiger partial charge in [-0.15, -0.1) is 0 Å². The van der Waals surface area contributed by atoms with E-state index in [0.717, 1.165) is 24.1 Å². The molecule has 6 heteroatoms. The molecular formula is C18H22N4O2. The molecule has 2 fully saturated rings. The molecule has 1 aliphatic carbocycles. The van der Waals surface area contributed by atoms with Crippen LogP contribution in [0.1, 0.15) is 47.3 Å². The zero-order chi connectivity index (χ0) is 16.7. The van der Waals surface area contributed by atoms with E-state index in [1.165, 1.54) is 5.56 Å². The third-order valence-corrected chi connectivity index (χ3v) is 5.48. The number of nitrogens with one attached hydrogen (secondary N) is 1. The van der Waals surface area contributed by atoms with E-state index in [4.69, 9.17) is 4.74 Å². The summed E-state index contributed by atoms with van der Waals surface area (Å²) in [4.78, 5) is 15.0. The average molecular weight is 326 g/mol. The van der Waals surface area contributed by atoms with Gasteiger partial charge in [0.05, 0.1) is 23.9 Å². The zero-order valence-electron chi connectivity index (χ0n) is 14.0. The van der Waals surface area contributed by atoms with Crippen LogP contribution in [0.25, 0.3) is 0 Å². The summed E-state index contributed by atoms with van der Waals surface area (Å²) in [7, 11) is 1.69. The third-order valence-electron chi connectivity index (χ3n) is 5.48. The van der Waals surface area contributed by atoms with Crippen LogP contribution in [-0.2, 0) is 10.2 Å². The number of aromatic nitrogens is 3. The summed E-state index contributed by atoms with van der Waals surface area (Å²) in [5.41, 5.74) is 3.01. The number of benzene rings is 1. The van der Waals surface area contributed by atoms with E-state index >= 15 is 0 Å². The Morgan fingerprint density at radius 1 is 1.33 bits per heavy atom.